The Morgan fingerprint density at radius 3 is 2.02 bits per heavy atom. The molecule has 9 atom stereocenters. The monoisotopic (exact) mass is 606 g/mol. The van der Waals surface area contributed by atoms with Gasteiger partial charge in [0, 0.05) is 30.3 Å². The van der Waals surface area contributed by atoms with Crippen molar-refractivity contribution in [2.75, 3.05) is 62.0 Å². The van der Waals surface area contributed by atoms with Crippen molar-refractivity contribution in [1.82, 2.24) is 0 Å². The van der Waals surface area contributed by atoms with E-state index in [2.05, 4.69) is 13.8 Å². The minimum absolute atomic E-state index is 0.0593. The Balaban J connectivity index is 1.41. The number of carbonyl (C=O) groups excluding carboxylic acids is 3. The van der Waals surface area contributed by atoms with E-state index < -0.39 is 34.1 Å². The molecule has 0 aromatic carbocycles. The molecule has 5 aliphatic rings. The number of rotatable bonds is 7. The van der Waals surface area contributed by atoms with E-state index in [-0.39, 0.29) is 55.5 Å². The van der Waals surface area contributed by atoms with Crippen molar-refractivity contribution in [3.8, 4) is 0 Å². The van der Waals surface area contributed by atoms with Crippen molar-refractivity contribution in [1.29, 1.82) is 0 Å². The Morgan fingerprint density at radius 1 is 0.860 bits per heavy atom. The number of esters is 3. The quantitative estimate of drug-likeness (QED) is 0.257. The molecule has 0 aromatic rings. The molecule has 0 spiro atoms. The van der Waals surface area contributed by atoms with Crippen LogP contribution in [0.4, 0.5) is 0 Å². The number of likely N-dealkylation sites (N-methyl/N-ethyl adjacent to an activating group) is 2. The Labute approximate surface area is 256 Å². The van der Waals surface area contributed by atoms with Gasteiger partial charge >= 0.3 is 17.9 Å². The Hall–Kier alpha value is -2.01. The maximum atomic E-state index is 13.1. The Morgan fingerprint density at radius 2 is 1.44 bits per heavy atom. The second-order valence-electron chi connectivity index (χ2n) is 16.9. The number of aliphatic hydroxyl groups is 2. The van der Waals surface area contributed by atoms with Gasteiger partial charge in [0.25, 0.3) is 0 Å². The van der Waals surface area contributed by atoms with Crippen LogP contribution in [0.1, 0.15) is 65.2 Å². The third-order valence-electron chi connectivity index (χ3n) is 11.8. The predicted molar refractivity (Wildman–Crippen MR) is 158 cm³/mol. The van der Waals surface area contributed by atoms with Gasteiger partial charge < -0.3 is 33.4 Å². The molecule has 43 heavy (non-hydrogen) atoms. The number of hydrogen-bond acceptors (Lipinski definition) is 8. The van der Waals surface area contributed by atoms with Crippen LogP contribution in [-0.2, 0) is 28.6 Å². The topological polar surface area (TPSA) is 119 Å². The van der Waals surface area contributed by atoms with Gasteiger partial charge in [-0.15, -0.1) is 0 Å². The lowest BCUT2D eigenvalue weighted by atomic mass is 9.42. The maximum absolute atomic E-state index is 13.1. The number of cyclic esters (lactones) is 1. The van der Waals surface area contributed by atoms with Gasteiger partial charge in [0.15, 0.2) is 13.1 Å². The van der Waals surface area contributed by atoms with Gasteiger partial charge in [0.2, 0.25) is 0 Å². The molecule has 1 heterocycles. The van der Waals surface area contributed by atoms with Gasteiger partial charge in [-0.1, -0.05) is 13.8 Å². The van der Waals surface area contributed by atoms with Gasteiger partial charge in [-0.05, 0) is 61.3 Å². The molecule has 242 valence electrons. The second-order valence-corrected chi connectivity index (χ2v) is 16.9. The number of nitrogens with zero attached hydrogens (tertiary/aromatic N) is 2. The summed E-state index contributed by atoms with van der Waals surface area (Å²) in [6.07, 6.45) is 5.35. The van der Waals surface area contributed by atoms with Crippen molar-refractivity contribution < 1.29 is 47.8 Å². The van der Waals surface area contributed by atoms with E-state index in [0.29, 0.717) is 53.9 Å². The summed E-state index contributed by atoms with van der Waals surface area (Å²) < 4.78 is 18.3. The predicted octanol–water partition coefficient (Wildman–Crippen LogP) is 2.20. The first-order valence-corrected chi connectivity index (χ1v) is 16.0. The summed E-state index contributed by atoms with van der Waals surface area (Å²) in [4.78, 5) is 37.9. The summed E-state index contributed by atoms with van der Waals surface area (Å²) in [6.45, 7) is 4.88. The van der Waals surface area contributed by atoms with E-state index >= 15 is 0 Å². The fraction of sp³-hybridized carbons (Fsp3) is 0.848. The van der Waals surface area contributed by atoms with Crippen molar-refractivity contribution in [3.05, 3.63) is 11.6 Å². The molecule has 0 aromatic heterocycles. The smallest absolute Gasteiger partial charge is 0.362 e. The van der Waals surface area contributed by atoms with Crippen LogP contribution >= 0.6 is 0 Å². The second kappa shape index (κ2) is 10.5. The molecule has 5 rings (SSSR count). The molecule has 0 amide bonds. The minimum Gasteiger partial charge on any atom is -0.458 e. The molecule has 10 nitrogen and oxygen atoms in total. The fourth-order valence-corrected chi connectivity index (χ4v) is 9.82. The van der Waals surface area contributed by atoms with Crippen molar-refractivity contribution >= 4 is 17.9 Å². The van der Waals surface area contributed by atoms with Crippen molar-refractivity contribution in [3.63, 3.8) is 0 Å². The first-order chi connectivity index (χ1) is 19.7. The highest BCUT2D eigenvalue weighted by molar-refractivity contribution is 5.85. The average molecular weight is 607 g/mol. The maximum Gasteiger partial charge on any atom is 0.362 e. The van der Waals surface area contributed by atoms with Gasteiger partial charge in [0.05, 0.1) is 53.5 Å². The zero-order valence-electron chi connectivity index (χ0n) is 27.5. The minimum atomic E-state index is -1.15. The summed E-state index contributed by atoms with van der Waals surface area (Å²) in [7, 11) is 11.7. The Kier molecular flexibility index (Phi) is 7.93. The zero-order valence-corrected chi connectivity index (χ0v) is 27.5. The largest absolute Gasteiger partial charge is 0.458 e. The summed E-state index contributed by atoms with van der Waals surface area (Å²) in [5.74, 6) is -1.33. The molecule has 4 saturated carbocycles. The van der Waals surface area contributed by atoms with E-state index in [0.717, 1.165) is 12.0 Å². The highest BCUT2D eigenvalue weighted by Gasteiger charge is 2.73. The summed E-state index contributed by atoms with van der Waals surface area (Å²) in [6, 6.07) is 0. The molecule has 4 aliphatic carbocycles. The van der Waals surface area contributed by atoms with Gasteiger partial charge in [-0.3, -0.25) is 0 Å². The summed E-state index contributed by atoms with van der Waals surface area (Å²) in [5, 5.41) is 25.1. The van der Waals surface area contributed by atoms with Crippen LogP contribution in [0.2, 0.25) is 0 Å². The molecular weight excluding hydrogens is 552 g/mol. The third-order valence-corrected chi connectivity index (χ3v) is 11.8. The molecule has 1 aliphatic heterocycles. The number of quaternary nitrogens is 2. The first kappa shape index (κ1) is 32.4. The van der Waals surface area contributed by atoms with Crippen LogP contribution in [0, 0.1) is 28.6 Å². The Bertz CT molecular complexity index is 1190. The molecule has 2 N–H and O–H groups in total. The number of hydrogen-bond donors (Lipinski definition) is 2. The van der Waals surface area contributed by atoms with E-state index in [4.69, 9.17) is 14.2 Å². The van der Waals surface area contributed by atoms with E-state index in [1.54, 1.807) is 0 Å². The highest BCUT2D eigenvalue weighted by Crippen LogP contribution is 2.71. The molecule has 0 bridgehead atoms. The first-order valence-electron chi connectivity index (χ1n) is 16.0. The van der Waals surface area contributed by atoms with Crippen LogP contribution in [0.15, 0.2) is 11.6 Å². The van der Waals surface area contributed by atoms with E-state index in [1.165, 1.54) is 6.08 Å². The lowest BCUT2D eigenvalue weighted by Crippen LogP contribution is -2.67. The lowest BCUT2D eigenvalue weighted by Gasteiger charge is -2.66. The van der Waals surface area contributed by atoms with E-state index in [1.807, 2.05) is 42.3 Å². The lowest BCUT2D eigenvalue weighted by molar-refractivity contribution is -0.862. The molecule has 0 saturated heterocycles. The van der Waals surface area contributed by atoms with Crippen LogP contribution in [-0.4, -0.2) is 122 Å². The number of ether oxygens (including phenoxy) is 3. The van der Waals surface area contributed by atoms with Crippen LogP contribution in [0.5, 0.6) is 0 Å². The van der Waals surface area contributed by atoms with Crippen molar-refractivity contribution in [2.45, 2.75) is 88.6 Å². The standard InChI is InChI=1S/C33H54N2O8/c1-30-12-9-22(42-27(37)18-34(3,4)5)16-32(30,39)14-11-24-23(30)10-13-31(2)29(21-15-26(36)41-20-21)25(17-33(24,31)40)43-28(38)19-35(6,7)8/h15,22-25,29,39-40H,9-14,16-20H2,1-8H3/q+2/t22?,23-,24+,25?,29?,30?,31?,32?,33?/m0/s1. The van der Waals surface area contributed by atoms with Gasteiger partial charge in [-0.2, -0.15) is 0 Å². The van der Waals surface area contributed by atoms with Crippen LogP contribution in [0.3, 0.4) is 0 Å². The molecule has 10 heteroatoms. The molecular formula is C33H54N2O8+2. The highest BCUT2D eigenvalue weighted by atomic mass is 16.6. The van der Waals surface area contributed by atoms with Crippen LogP contribution in [0.25, 0.3) is 0 Å². The van der Waals surface area contributed by atoms with Gasteiger partial charge in [-0.25, -0.2) is 14.4 Å². The number of carbonyl (C=O) groups is 3. The molecule has 7 unspecified atom stereocenters. The average Bonchev–Trinajstić information content (AvgIpc) is 3.34. The normalized spacial score (nSPS) is 42.7. The third kappa shape index (κ3) is 5.66. The van der Waals surface area contributed by atoms with E-state index in [9.17, 15) is 24.6 Å². The molecule has 0 radical (unpaired) electrons. The van der Waals surface area contributed by atoms with Gasteiger partial charge in [0.1, 0.15) is 18.8 Å². The SMILES string of the molecule is CC12CC[C@H]3[C@@H](CCC4(O)CC(OC(=O)C[N+](C)(C)C)CCC34C)C1(O)CC(OC(=O)C[N+](C)(C)C)C2C1=CC(=O)OC1. The number of fused-ring (bicyclic) bond motifs is 5. The summed E-state index contributed by atoms with van der Waals surface area (Å²) >= 11 is 0. The van der Waals surface area contributed by atoms with Crippen molar-refractivity contribution in [2.24, 2.45) is 28.6 Å². The summed E-state index contributed by atoms with van der Waals surface area (Å²) in [5.41, 5.74) is -2.43. The molecule has 4 fully saturated rings. The fourth-order valence-electron chi connectivity index (χ4n) is 9.82. The zero-order chi connectivity index (χ0) is 31.8. The van der Waals surface area contributed by atoms with Crippen LogP contribution < -0.4 is 0 Å².